The van der Waals surface area contributed by atoms with Crippen molar-refractivity contribution in [3.8, 4) is 0 Å². The summed E-state index contributed by atoms with van der Waals surface area (Å²) in [6.07, 6.45) is 3.12. The number of carbonyl (C=O) groups excluding carboxylic acids is 1. The van der Waals surface area contributed by atoms with Gasteiger partial charge >= 0.3 is 0 Å². The van der Waals surface area contributed by atoms with Crippen LogP contribution in [0, 0.1) is 0 Å². The number of carbonyl (C=O) groups is 1. The zero-order valence-electron chi connectivity index (χ0n) is 14.3. The van der Waals surface area contributed by atoms with E-state index >= 15 is 0 Å². The molecule has 0 unspecified atom stereocenters. The van der Waals surface area contributed by atoms with E-state index in [1.165, 1.54) is 6.21 Å². The second-order valence-corrected chi connectivity index (χ2v) is 8.48. The molecule has 0 atom stereocenters. The van der Waals surface area contributed by atoms with Gasteiger partial charge in [-0.15, -0.1) is 0 Å². The van der Waals surface area contributed by atoms with Crippen molar-refractivity contribution >= 4 is 38.1 Å². The zero-order valence-corrected chi connectivity index (χ0v) is 16.7. The molecule has 6 nitrogen and oxygen atoms in total. The van der Waals surface area contributed by atoms with E-state index < -0.39 is 15.9 Å². The maximum atomic E-state index is 12.0. The fourth-order valence-corrected chi connectivity index (χ4v) is 3.37. The normalized spacial score (nSPS) is 11.8. The highest BCUT2D eigenvalue weighted by atomic mass is 79.9. The Balaban J connectivity index is 1.93. The van der Waals surface area contributed by atoms with Crippen LogP contribution in [0.15, 0.2) is 64.2 Å². The lowest BCUT2D eigenvalue weighted by atomic mass is 10.1. The van der Waals surface area contributed by atoms with Gasteiger partial charge in [0.25, 0.3) is 5.91 Å². The topological polar surface area (TPSA) is 78.8 Å². The fourth-order valence-electron chi connectivity index (χ4n) is 2.21. The van der Waals surface area contributed by atoms with E-state index in [1.54, 1.807) is 0 Å². The van der Waals surface area contributed by atoms with Gasteiger partial charge in [-0.25, -0.2) is 13.8 Å². The fraction of sp³-hybridized carbons (Fsp3) is 0.222. The standard InChI is InChI=1S/C18H20BrN3O3S/c1-26(24,25)22(12-11-15-7-3-2-4-8-15)14-18(23)21-20-13-16-9-5-6-10-17(16)19/h2-10,13H,11-12,14H2,1H3,(H,21,23). The molecule has 138 valence electrons. The van der Waals surface area contributed by atoms with Gasteiger partial charge in [0.2, 0.25) is 10.0 Å². The maximum absolute atomic E-state index is 12.0. The summed E-state index contributed by atoms with van der Waals surface area (Å²) in [6.45, 7) is -0.0524. The number of amides is 1. The second kappa shape index (κ2) is 9.61. The average Bonchev–Trinajstić information content (AvgIpc) is 2.60. The summed E-state index contributed by atoms with van der Waals surface area (Å²) in [5.41, 5.74) is 4.17. The molecular weight excluding hydrogens is 418 g/mol. The van der Waals surface area contributed by atoms with Crippen molar-refractivity contribution in [3.63, 3.8) is 0 Å². The van der Waals surface area contributed by atoms with Crippen LogP contribution in [0.2, 0.25) is 0 Å². The second-order valence-electron chi connectivity index (χ2n) is 5.65. The zero-order chi connectivity index (χ0) is 19.0. The SMILES string of the molecule is CS(=O)(=O)N(CCc1ccccc1)CC(=O)NN=Cc1ccccc1Br. The Labute approximate surface area is 162 Å². The number of nitrogens with zero attached hydrogens (tertiary/aromatic N) is 2. The van der Waals surface area contributed by atoms with E-state index in [2.05, 4.69) is 26.5 Å². The number of rotatable bonds is 8. The molecular formula is C18H20BrN3O3S. The summed E-state index contributed by atoms with van der Waals surface area (Å²) in [5.74, 6) is -0.494. The van der Waals surface area contributed by atoms with E-state index in [-0.39, 0.29) is 13.1 Å². The van der Waals surface area contributed by atoms with E-state index in [0.717, 1.165) is 26.2 Å². The van der Waals surface area contributed by atoms with Crippen LogP contribution in [-0.2, 0) is 21.2 Å². The molecule has 0 bridgehead atoms. The van der Waals surface area contributed by atoms with Crippen LogP contribution < -0.4 is 5.43 Å². The minimum Gasteiger partial charge on any atom is -0.272 e. The first-order valence-electron chi connectivity index (χ1n) is 7.92. The van der Waals surface area contributed by atoms with Crippen LogP contribution >= 0.6 is 15.9 Å². The smallest absolute Gasteiger partial charge is 0.255 e. The molecule has 2 aromatic rings. The summed E-state index contributed by atoms with van der Waals surface area (Å²) in [4.78, 5) is 12.0. The van der Waals surface area contributed by atoms with Gasteiger partial charge in [-0.2, -0.15) is 9.41 Å². The van der Waals surface area contributed by atoms with Crippen LogP contribution in [-0.4, -0.2) is 44.2 Å². The lowest BCUT2D eigenvalue weighted by molar-refractivity contribution is -0.121. The van der Waals surface area contributed by atoms with Crippen molar-refractivity contribution in [1.29, 1.82) is 0 Å². The maximum Gasteiger partial charge on any atom is 0.255 e. The average molecular weight is 438 g/mol. The number of hydrogen-bond donors (Lipinski definition) is 1. The van der Waals surface area contributed by atoms with Crippen LogP contribution in [0.1, 0.15) is 11.1 Å². The Morgan fingerprint density at radius 3 is 2.46 bits per heavy atom. The number of hydrazone groups is 1. The van der Waals surface area contributed by atoms with Gasteiger partial charge in [-0.05, 0) is 18.1 Å². The van der Waals surface area contributed by atoms with E-state index in [4.69, 9.17) is 0 Å². The molecule has 0 aliphatic rings. The minimum atomic E-state index is -3.50. The number of hydrogen-bond acceptors (Lipinski definition) is 4. The Morgan fingerprint density at radius 1 is 1.15 bits per heavy atom. The van der Waals surface area contributed by atoms with E-state index in [9.17, 15) is 13.2 Å². The third kappa shape index (κ3) is 6.70. The van der Waals surface area contributed by atoms with Crippen molar-refractivity contribution in [1.82, 2.24) is 9.73 Å². The molecule has 0 fully saturated rings. The third-order valence-corrected chi connectivity index (χ3v) is 5.55. The summed E-state index contributed by atoms with van der Waals surface area (Å²) in [7, 11) is -3.50. The Morgan fingerprint density at radius 2 is 1.81 bits per heavy atom. The summed E-state index contributed by atoms with van der Waals surface area (Å²) in [5, 5.41) is 3.88. The first-order chi connectivity index (χ1) is 12.4. The minimum absolute atomic E-state index is 0.226. The van der Waals surface area contributed by atoms with Crippen LogP contribution in [0.3, 0.4) is 0 Å². The molecule has 0 aromatic heterocycles. The molecule has 0 saturated carbocycles. The van der Waals surface area contributed by atoms with Crippen LogP contribution in [0.25, 0.3) is 0 Å². The van der Waals surface area contributed by atoms with Crippen LogP contribution in [0.5, 0.6) is 0 Å². The molecule has 1 amide bonds. The molecule has 2 aromatic carbocycles. The van der Waals surface area contributed by atoms with Gasteiger partial charge in [0.15, 0.2) is 0 Å². The highest BCUT2D eigenvalue weighted by molar-refractivity contribution is 9.10. The lowest BCUT2D eigenvalue weighted by Gasteiger charge is -2.18. The summed E-state index contributed by atoms with van der Waals surface area (Å²) >= 11 is 3.38. The molecule has 0 heterocycles. The predicted molar refractivity (Wildman–Crippen MR) is 106 cm³/mol. The van der Waals surface area contributed by atoms with E-state index in [1.807, 2.05) is 54.6 Å². The molecule has 0 radical (unpaired) electrons. The molecule has 2 rings (SSSR count). The quantitative estimate of drug-likeness (QED) is 0.508. The molecule has 1 N–H and O–H groups in total. The van der Waals surface area contributed by atoms with Gasteiger partial charge in [0, 0.05) is 16.6 Å². The highest BCUT2D eigenvalue weighted by Gasteiger charge is 2.19. The highest BCUT2D eigenvalue weighted by Crippen LogP contribution is 2.13. The van der Waals surface area contributed by atoms with Crippen molar-refractivity contribution in [3.05, 3.63) is 70.2 Å². The summed E-state index contributed by atoms with van der Waals surface area (Å²) < 4.78 is 25.8. The largest absolute Gasteiger partial charge is 0.272 e. The van der Waals surface area contributed by atoms with Crippen LogP contribution in [0.4, 0.5) is 0 Å². The van der Waals surface area contributed by atoms with Gasteiger partial charge in [-0.3, -0.25) is 4.79 Å². The van der Waals surface area contributed by atoms with Crippen molar-refractivity contribution in [2.24, 2.45) is 5.10 Å². The third-order valence-electron chi connectivity index (χ3n) is 3.58. The number of nitrogens with one attached hydrogen (secondary N) is 1. The van der Waals surface area contributed by atoms with Crippen molar-refractivity contribution in [2.45, 2.75) is 6.42 Å². The van der Waals surface area contributed by atoms with Gasteiger partial charge in [0.1, 0.15) is 0 Å². The van der Waals surface area contributed by atoms with E-state index in [0.29, 0.717) is 6.42 Å². The molecule has 8 heteroatoms. The number of halogens is 1. The molecule has 26 heavy (non-hydrogen) atoms. The van der Waals surface area contributed by atoms with Gasteiger partial charge < -0.3 is 0 Å². The molecule has 0 aliphatic heterocycles. The predicted octanol–water partition coefficient (Wildman–Crippen LogP) is 2.40. The lowest BCUT2D eigenvalue weighted by Crippen LogP contribution is -2.40. The monoisotopic (exact) mass is 437 g/mol. The first kappa shape index (κ1) is 20.3. The van der Waals surface area contributed by atoms with Crippen molar-refractivity contribution < 1.29 is 13.2 Å². The Bertz CT molecular complexity index is 870. The molecule has 0 spiro atoms. The Hall–Kier alpha value is -2.03. The first-order valence-corrected chi connectivity index (χ1v) is 10.6. The number of sulfonamides is 1. The Kier molecular flexibility index (Phi) is 7.50. The summed E-state index contributed by atoms with van der Waals surface area (Å²) in [6, 6.07) is 16.9. The number of benzene rings is 2. The van der Waals surface area contributed by atoms with Gasteiger partial charge in [0.05, 0.1) is 19.0 Å². The molecule has 0 aliphatic carbocycles. The van der Waals surface area contributed by atoms with Gasteiger partial charge in [-0.1, -0.05) is 64.5 Å². The van der Waals surface area contributed by atoms with Crippen molar-refractivity contribution in [2.75, 3.05) is 19.3 Å². The molecule has 0 saturated heterocycles.